The van der Waals surface area contributed by atoms with E-state index in [1.807, 2.05) is 49.0 Å². The molecule has 6 nitrogen and oxygen atoms in total. The van der Waals surface area contributed by atoms with Crippen LogP contribution in [0.1, 0.15) is 40.7 Å². The van der Waals surface area contributed by atoms with Crippen LogP contribution in [0.15, 0.2) is 60.2 Å². The first-order chi connectivity index (χ1) is 17.4. The largest absolute Gasteiger partial charge is 0.493 e. The van der Waals surface area contributed by atoms with Gasteiger partial charge in [0.2, 0.25) is 0 Å². The summed E-state index contributed by atoms with van der Waals surface area (Å²) in [5, 5.41) is 7.37. The summed E-state index contributed by atoms with van der Waals surface area (Å²) in [6.45, 7) is 3.04. The number of aromatic nitrogens is 2. The van der Waals surface area contributed by atoms with E-state index in [1.54, 1.807) is 11.3 Å². The molecule has 0 bridgehead atoms. The summed E-state index contributed by atoms with van der Waals surface area (Å²) in [6.07, 6.45) is 6.49. The zero-order valence-electron chi connectivity index (χ0n) is 20.3. The molecule has 181 valence electrons. The van der Waals surface area contributed by atoms with Crippen molar-refractivity contribution in [3.63, 3.8) is 0 Å². The fraction of sp³-hybridized carbons (Fsp3) is 0.321. The molecule has 3 heterocycles. The molecule has 1 amide bonds. The van der Waals surface area contributed by atoms with E-state index in [4.69, 9.17) is 4.74 Å². The number of aryl methyl sites for hydroxylation is 1. The van der Waals surface area contributed by atoms with E-state index in [0.29, 0.717) is 17.4 Å². The first kappa shape index (κ1) is 23.3. The van der Waals surface area contributed by atoms with Gasteiger partial charge in [-0.2, -0.15) is 0 Å². The first-order valence-corrected chi connectivity index (χ1v) is 13.7. The van der Waals surface area contributed by atoms with Crippen molar-refractivity contribution in [1.82, 2.24) is 20.2 Å². The molecule has 2 fully saturated rings. The van der Waals surface area contributed by atoms with Crippen LogP contribution in [0.25, 0.3) is 21.5 Å². The standard InChI is InChI=1S/C28H27N4O2SSi/c1-17-5-6-19(34-27(36)24-7-12-32(24)2)16-21(17)25(33)31-28(8-9-28)22-14-18(26-30-11-13-35-26)15-23-20(22)4-3-10-29-23/h3-6,10-11,13-16,24,27H,7-9,12H2,1-2H3,(H,31,33)/t24-,27?/m0/s1. The molecule has 2 aromatic heterocycles. The number of pyridine rings is 1. The number of nitrogens with zero attached hydrogens (tertiary/aromatic N) is 3. The van der Waals surface area contributed by atoms with Crippen LogP contribution in [0.2, 0.25) is 0 Å². The lowest BCUT2D eigenvalue weighted by Gasteiger charge is -2.41. The van der Waals surface area contributed by atoms with Gasteiger partial charge in [0.05, 0.1) is 27.0 Å². The minimum absolute atomic E-state index is 0.0848. The molecule has 8 heteroatoms. The Morgan fingerprint density at radius 3 is 2.78 bits per heavy atom. The zero-order valence-corrected chi connectivity index (χ0v) is 22.1. The monoisotopic (exact) mass is 511 g/mol. The molecule has 1 saturated heterocycles. The fourth-order valence-electron chi connectivity index (χ4n) is 5.00. The van der Waals surface area contributed by atoms with Gasteiger partial charge < -0.3 is 15.0 Å². The summed E-state index contributed by atoms with van der Waals surface area (Å²) in [4.78, 5) is 25.0. The number of nitrogens with one attached hydrogen (secondary N) is 1. The summed E-state index contributed by atoms with van der Waals surface area (Å²) in [5.41, 5.74) is 4.07. The van der Waals surface area contributed by atoms with E-state index in [2.05, 4.69) is 55.7 Å². The highest BCUT2D eigenvalue weighted by atomic mass is 32.1. The number of hydrogen-bond donors (Lipinski definition) is 1. The van der Waals surface area contributed by atoms with Crippen molar-refractivity contribution in [1.29, 1.82) is 0 Å². The van der Waals surface area contributed by atoms with E-state index in [9.17, 15) is 4.79 Å². The molecule has 1 unspecified atom stereocenters. The topological polar surface area (TPSA) is 67.3 Å². The Labute approximate surface area is 218 Å². The van der Waals surface area contributed by atoms with Crippen molar-refractivity contribution >= 4 is 38.4 Å². The van der Waals surface area contributed by atoms with Gasteiger partial charge in [-0.25, -0.2) is 4.98 Å². The SMILES string of the molecule is Cc1ccc(OC([Si])[C@@H]2CCN2C)cc1C(=O)NC1(c2cc(-c3nccs3)cc3ncccc23)CC1. The van der Waals surface area contributed by atoms with E-state index in [-0.39, 0.29) is 11.6 Å². The van der Waals surface area contributed by atoms with Gasteiger partial charge in [0, 0.05) is 40.3 Å². The van der Waals surface area contributed by atoms with Gasteiger partial charge in [-0.3, -0.25) is 9.78 Å². The summed E-state index contributed by atoms with van der Waals surface area (Å²) in [7, 11) is 5.82. The lowest BCUT2D eigenvalue weighted by Crippen LogP contribution is -2.53. The number of benzene rings is 2. The van der Waals surface area contributed by atoms with Crippen molar-refractivity contribution in [3.8, 4) is 16.3 Å². The van der Waals surface area contributed by atoms with Gasteiger partial charge in [0.15, 0.2) is 0 Å². The molecule has 4 aromatic rings. The molecule has 1 aliphatic heterocycles. The summed E-state index contributed by atoms with van der Waals surface area (Å²) in [6, 6.07) is 14.4. The minimum atomic E-state index is -0.415. The second-order valence-corrected chi connectivity index (χ2v) is 11.3. The van der Waals surface area contributed by atoms with Crippen LogP contribution in [0, 0.1) is 6.92 Å². The van der Waals surface area contributed by atoms with E-state index in [1.165, 1.54) is 0 Å². The molecule has 0 spiro atoms. The van der Waals surface area contributed by atoms with Crippen LogP contribution < -0.4 is 10.1 Å². The molecule has 1 aliphatic carbocycles. The van der Waals surface area contributed by atoms with E-state index in [0.717, 1.165) is 58.4 Å². The number of rotatable bonds is 7. The number of thiazole rings is 1. The minimum Gasteiger partial charge on any atom is -0.493 e. The Morgan fingerprint density at radius 2 is 2.08 bits per heavy atom. The molecule has 2 aliphatic rings. The third-order valence-electron chi connectivity index (χ3n) is 7.43. The van der Waals surface area contributed by atoms with Crippen LogP contribution >= 0.6 is 11.3 Å². The van der Waals surface area contributed by atoms with Crippen LogP contribution in [0.4, 0.5) is 0 Å². The highest BCUT2D eigenvalue weighted by molar-refractivity contribution is 7.13. The molecular weight excluding hydrogens is 484 g/mol. The van der Waals surface area contributed by atoms with Crippen LogP contribution in [0.3, 0.4) is 0 Å². The smallest absolute Gasteiger partial charge is 0.252 e. The molecule has 2 aromatic carbocycles. The average molecular weight is 512 g/mol. The van der Waals surface area contributed by atoms with Crippen LogP contribution in [-0.4, -0.2) is 56.4 Å². The number of ether oxygens (including phenoxy) is 1. The predicted octanol–water partition coefficient (Wildman–Crippen LogP) is 4.66. The van der Waals surface area contributed by atoms with Crippen molar-refractivity contribution in [2.24, 2.45) is 0 Å². The number of likely N-dealkylation sites (N-methyl/N-ethyl adjacent to an activating group) is 1. The maximum atomic E-state index is 13.6. The Kier molecular flexibility index (Phi) is 5.90. The Hall–Kier alpha value is -3.07. The number of carbonyl (C=O) groups is 1. The molecule has 2 atom stereocenters. The lowest BCUT2D eigenvalue weighted by atomic mass is 9.95. The quantitative estimate of drug-likeness (QED) is 0.366. The number of carbonyl (C=O) groups excluding carboxylic acids is 1. The number of hydrogen-bond acceptors (Lipinski definition) is 6. The third kappa shape index (κ3) is 4.23. The number of fused-ring (bicyclic) bond motifs is 1. The van der Waals surface area contributed by atoms with Crippen LogP contribution in [-0.2, 0) is 5.54 Å². The normalized spacial score (nSPS) is 19.5. The van der Waals surface area contributed by atoms with Gasteiger partial charge in [-0.05, 0) is 81.2 Å². The molecule has 1 saturated carbocycles. The number of likely N-dealkylation sites (tertiary alicyclic amines) is 1. The van der Waals surface area contributed by atoms with Gasteiger partial charge in [-0.1, -0.05) is 12.1 Å². The molecular formula is C28H27N4O2SSi. The Morgan fingerprint density at radius 1 is 1.22 bits per heavy atom. The van der Waals surface area contributed by atoms with E-state index >= 15 is 0 Å². The first-order valence-electron chi connectivity index (χ1n) is 12.2. The molecule has 36 heavy (non-hydrogen) atoms. The van der Waals surface area contributed by atoms with Crippen molar-refractivity contribution in [3.05, 3.63) is 76.9 Å². The summed E-state index contributed by atoms with van der Waals surface area (Å²) >= 11 is 1.60. The number of amides is 1. The maximum Gasteiger partial charge on any atom is 0.252 e. The second kappa shape index (κ2) is 9.10. The zero-order chi connectivity index (χ0) is 24.9. The maximum absolute atomic E-state index is 13.6. The average Bonchev–Trinajstić information content (AvgIpc) is 3.42. The molecule has 3 radical (unpaired) electrons. The highest BCUT2D eigenvalue weighted by Gasteiger charge is 2.47. The fourth-order valence-corrected chi connectivity index (χ4v) is 6.19. The molecule has 6 rings (SSSR count). The van der Waals surface area contributed by atoms with Gasteiger partial charge in [0.1, 0.15) is 10.8 Å². The lowest BCUT2D eigenvalue weighted by molar-refractivity contribution is 0.0562. The third-order valence-corrected chi connectivity index (χ3v) is 8.75. The van der Waals surface area contributed by atoms with Crippen LogP contribution in [0.5, 0.6) is 5.75 Å². The highest BCUT2D eigenvalue weighted by Crippen LogP contribution is 2.49. The predicted molar refractivity (Wildman–Crippen MR) is 144 cm³/mol. The second-order valence-electron chi connectivity index (χ2n) is 9.82. The van der Waals surface area contributed by atoms with Crippen molar-refractivity contribution in [2.75, 3.05) is 13.6 Å². The molecule has 1 N–H and O–H groups in total. The summed E-state index contributed by atoms with van der Waals surface area (Å²) < 4.78 is 6.16. The Bertz CT molecular complexity index is 1440. The van der Waals surface area contributed by atoms with Gasteiger partial charge in [-0.15, -0.1) is 11.3 Å². The van der Waals surface area contributed by atoms with Crippen molar-refractivity contribution in [2.45, 2.75) is 43.5 Å². The van der Waals surface area contributed by atoms with Gasteiger partial charge >= 0.3 is 0 Å². The Balaban J connectivity index is 1.30. The summed E-state index contributed by atoms with van der Waals surface area (Å²) in [5.74, 6) is 0.606. The van der Waals surface area contributed by atoms with Gasteiger partial charge in [0.25, 0.3) is 5.91 Å². The van der Waals surface area contributed by atoms with Crippen molar-refractivity contribution < 1.29 is 9.53 Å². The van der Waals surface area contributed by atoms with E-state index < -0.39 is 5.54 Å².